The first-order valence-corrected chi connectivity index (χ1v) is 11.5. The number of rotatable bonds is 9. The van der Waals surface area contributed by atoms with E-state index in [9.17, 15) is 9.59 Å². The van der Waals surface area contributed by atoms with Crippen LogP contribution < -0.4 is 10.1 Å². The summed E-state index contributed by atoms with van der Waals surface area (Å²) in [4.78, 5) is 27.5. The summed E-state index contributed by atoms with van der Waals surface area (Å²) in [7, 11) is 0. The van der Waals surface area contributed by atoms with E-state index >= 15 is 0 Å². The molecule has 0 bridgehead atoms. The van der Waals surface area contributed by atoms with E-state index in [1.165, 1.54) is 4.90 Å². The minimum atomic E-state index is -0.702. The van der Waals surface area contributed by atoms with Crippen LogP contribution >= 0.6 is 23.2 Å². The molecular formula is C25H32Cl2N2O3. The summed E-state index contributed by atoms with van der Waals surface area (Å²) in [6.45, 7) is 11.6. The first kappa shape index (κ1) is 26.0. The summed E-state index contributed by atoms with van der Waals surface area (Å²) in [5, 5.41) is 3.89. The van der Waals surface area contributed by atoms with Gasteiger partial charge in [0.1, 0.15) is 11.8 Å². The van der Waals surface area contributed by atoms with Crippen LogP contribution in [0.5, 0.6) is 5.75 Å². The molecule has 0 aliphatic rings. The second kappa shape index (κ2) is 11.6. The third-order valence-corrected chi connectivity index (χ3v) is 6.23. The van der Waals surface area contributed by atoms with Crippen molar-refractivity contribution in [2.75, 3.05) is 6.61 Å². The molecule has 174 valence electrons. The molecule has 0 fully saturated rings. The van der Waals surface area contributed by atoms with Crippen LogP contribution in [-0.2, 0) is 16.1 Å². The number of amides is 2. The number of halogens is 2. The Hall–Kier alpha value is -2.24. The molecule has 0 aliphatic heterocycles. The second-order valence-electron chi connectivity index (χ2n) is 8.24. The van der Waals surface area contributed by atoms with Gasteiger partial charge in [-0.25, -0.2) is 0 Å². The van der Waals surface area contributed by atoms with E-state index in [1.54, 1.807) is 25.1 Å². The van der Waals surface area contributed by atoms with Gasteiger partial charge in [-0.1, -0.05) is 42.3 Å². The van der Waals surface area contributed by atoms with Gasteiger partial charge in [0.25, 0.3) is 5.91 Å². The Bertz CT molecular complexity index is 978. The molecule has 5 nitrogen and oxygen atoms in total. The summed E-state index contributed by atoms with van der Waals surface area (Å²) in [5.41, 5.74) is 3.84. The van der Waals surface area contributed by atoms with Crippen molar-refractivity contribution in [3.05, 3.63) is 62.6 Å². The van der Waals surface area contributed by atoms with Crippen LogP contribution in [0.25, 0.3) is 0 Å². The minimum Gasteiger partial charge on any atom is -0.483 e. The fraction of sp³-hybridized carbons (Fsp3) is 0.440. The summed E-state index contributed by atoms with van der Waals surface area (Å²) in [5.74, 6) is 0.138. The summed E-state index contributed by atoms with van der Waals surface area (Å²) in [6, 6.07) is 8.39. The lowest BCUT2D eigenvalue weighted by Gasteiger charge is -2.30. The molecule has 0 unspecified atom stereocenters. The van der Waals surface area contributed by atoms with Gasteiger partial charge in [0.15, 0.2) is 6.61 Å². The Morgan fingerprint density at radius 2 is 1.78 bits per heavy atom. The van der Waals surface area contributed by atoms with Crippen LogP contribution in [0.1, 0.15) is 49.4 Å². The van der Waals surface area contributed by atoms with E-state index in [-0.39, 0.29) is 31.0 Å². The number of carbonyl (C=O) groups excluding carboxylic acids is 2. The molecule has 0 saturated carbocycles. The fourth-order valence-corrected chi connectivity index (χ4v) is 3.72. The predicted octanol–water partition coefficient (Wildman–Crippen LogP) is 5.63. The average molecular weight is 479 g/mol. The van der Waals surface area contributed by atoms with Crippen LogP contribution in [0.4, 0.5) is 0 Å². The number of nitrogens with one attached hydrogen (secondary N) is 1. The number of hydrogen-bond donors (Lipinski definition) is 1. The largest absolute Gasteiger partial charge is 0.483 e. The Morgan fingerprint density at radius 3 is 2.41 bits per heavy atom. The molecule has 2 aromatic rings. The lowest BCUT2D eigenvalue weighted by molar-refractivity contribution is -0.142. The van der Waals surface area contributed by atoms with Crippen molar-refractivity contribution < 1.29 is 14.3 Å². The van der Waals surface area contributed by atoms with Gasteiger partial charge in [0.2, 0.25) is 5.91 Å². The van der Waals surface area contributed by atoms with E-state index in [0.29, 0.717) is 21.4 Å². The van der Waals surface area contributed by atoms with E-state index in [0.717, 1.165) is 23.1 Å². The monoisotopic (exact) mass is 478 g/mol. The smallest absolute Gasteiger partial charge is 0.261 e. The maximum atomic E-state index is 13.2. The molecule has 7 heteroatoms. The number of nitrogens with zero attached hydrogens (tertiary/aromatic N) is 1. The molecule has 2 atom stereocenters. The molecule has 0 heterocycles. The van der Waals surface area contributed by atoms with Crippen LogP contribution in [0.2, 0.25) is 10.0 Å². The molecule has 2 aromatic carbocycles. The van der Waals surface area contributed by atoms with Crippen molar-refractivity contribution >= 4 is 35.0 Å². The lowest BCUT2D eigenvalue weighted by atomic mass is 10.1. The maximum Gasteiger partial charge on any atom is 0.261 e. The van der Waals surface area contributed by atoms with Gasteiger partial charge in [0, 0.05) is 22.6 Å². The Balaban J connectivity index is 2.26. The van der Waals surface area contributed by atoms with E-state index in [2.05, 4.69) is 11.4 Å². The Kier molecular flexibility index (Phi) is 9.41. The molecule has 1 N–H and O–H groups in total. The van der Waals surface area contributed by atoms with Gasteiger partial charge in [-0.3, -0.25) is 9.59 Å². The third-order valence-electron chi connectivity index (χ3n) is 5.64. The molecule has 2 amide bonds. The first-order valence-electron chi connectivity index (χ1n) is 10.8. The van der Waals surface area contributed by atoms with E-state index in [1.807, 2.05) is 40.7 Å². The standard InChI is InChI=1S/C25H32Cl2N2O3/c1-7-17(4)28-25(31)19(6)29(13-20-8-9-21(26)12-22(20)27)24(30)14-32-23-11-15(2)10-16(3)18(23)5/h8-12,17,19H,7,13-14H2,1-6H3,(H,28,31)/t17-,19+/m0/s1. The highest BCUT2D eigenvalue weighted by molar-refractivity contribution is 6.35. The molecule has 0 saturated heterocycles. The van der Waals surface area contributed by atoms with Crippen molar-refractivity contribution in [3.8, 4) is 5.75 Å². The van der Waals surface area contributed by atoms with Crippen molar-refractivity contribution in [2.24, 2.45) is 0 Å². The molecule has 2 rings (SSSR count). The number of ether oxygens (including phenoxy) is 1. The van der Waals surface area contributed by atoms with Crippen LogP contribution in [0, 0.1) is 20.8 Å². The molecule has 0 aromatic heterocycles. The van der Waals surface area contributed by atoms with Gasteiger partial charge < -0.3 is 15.0 Å². The highest BCUT2D eigenvalue weighted by Gasteiger charge is 2.28. The van der Waals surface area contributed by atoms with Gasteiger partial charge >= 0.3 is 0 Å². The Morgan fingerprint density at radius 1 is 1.09 bits per heavy atom. The molecule has 0 radical (unpaired) electrons. The van der Waals surface area contributed by atoms with Gasteiger partial charge in [0.05, 0.1) is 0 Å². The maximum absolute atomic E-state index is 13.2. The van der Waals surface area contributed by atoms with Crippen molar-refractivity contribution in [2.45, 2.75) is 66.6 Å². The predicted molar refractivity (Wildman–Crippen MR) is 131 cm³/mol. The van der Waals surface area contributed by atoms with Crippen LogP contribution in [0.3, 0.4) is 0 Å². The number of aryl methyl sites for hydroxylation is 2. The molecule has 0 spiro atoms. The molecule has 32 heavy (non-hydrogen) atoms. The number of hydrogen-bond acceptors (Lipinski definition) is 3. The van der Waals surface area contributed by atoms with Crippen LogP contribution in [-0.4, -0.2) is 35.4 Å². The van der Waals surface area contributed by atoms with Gasteiger partial charge in [-0.2, -0.15) is 0 Å². The first-order chi connectivity index (χ1) is 15.0. The van der Waals surface area contributed by atoms with Gasteiger partial charge in [-0.05, 0) is 81.5 Å². The molecular weight excluding hydrogens is 447 g/mol. The zero-order valence-corrected chi connectivity index (χ0v) is 21.1. The second-order valence-corrected chi connectivity index (χ2v) is 9.09. The SMILES string of the molecule is CC[C@H](C)NC(=O)[C@@H](C)N(Cc1ccc(Cl)cc1Cl)C(=O)COc1cc(C)cc(C)c1C. The zero-order valence-electron chi connectivity index (χ0n) is 19.6. The zero-order chi connectivity index (χ0) is 24.0. The van der Waals surface area contributed by atoms with Crippen molar-refractivity contribution in [1.82, 2.24) is 10.2 Å². The lowest BCUT2D eigenvalue weighted by Crippen LogP contribution is -2.50. The third kappa shape index (κ3) is 6.88. The topological polar surface area (TPSA) is 58.6 Å². The normalized spacial score (nSPS) is 12.8. The Labute approximate surface area is 201 Å². The van der Waals surface area contributed by atoms with E-state index < -0.39 is 6.04 Å². The van der Waals surface area contributed by atoms with Crippen molar-refractivity contribution in [1.29, 1.82) is 0 Å². The average Bonchev–Trinajstić information content (AvgIpc) is 2.73. The molecule has 0 aliphatic carbocycles. The summed E-state index contributed by atoms with van der Waals surface area (Å²) < 4.78 is 5.88. The highest BCUT2D eigenvalue weighted by atomic mass is 35.5. The summed E-state index contributed by atoms with van der Waals surface area (Å²) in [6.07, 6.45) is 0.796. The van der Waals surface area contributed by atoms with Crippen molar-refractivity contribution in [3.63, 3.8) is 0 Å². The highest BCUT2D eigenvalue weighted by Crippen LogP contribution is 2.25. The number of benzene rings is 2. The quantitative estimate of drug-likeness (QED) is 0.507. The van der Waals surface area contributed by atoms with Crippen LogP contribution in [0.15, 0.2) is 30.3 Å². The number of carbonyl (C=O) groups is 2. The van der Waals surface area contributed by atoms with Gasteiger partial charge in [-0.15, -0.1) is 0 Å². The fourth-order valence-electron chi connectivity index (χ4n) is 3.25. The minimum absolute atomic E-state index is 0.00944. The summed E-state index contributed by atoms with van der Waals surface area (Å²) >= 11 is 12.4. The van der Waals surface area contributed by atoms with E-state index in [4.69, 9.17) is 27.9 Å².